The summed E-state index contributed by atoms with van der Waals surface area (Å²) in [4.78, 5) is 47.3. The van der Waals surface area contributed by atoms with Crippen LogP contribution in [-0.2, 0) is 22.6 Å². The van der Waals surface area contributed by atoms with Crippen molar-refractivity contribution >= 4 is 45.5 Å². The molecule has 2 aromatic carbocycles. The van der Waals surface area contributed by atoms with Gasteiger partial charge in [0.2, 0.25) is 0 Å². The van der Waals surface area contributed by atoms with Crippen LogP contribution in [0.3, 0.4) is 0 Å². The highest BCUT2D eigenvalue weighted by Gasteiger charge is 2.46. The van der Waals surface area contributed by atoms with Crippen LogP contribution in [0.2, 0.25) is 0 Å². The first-order valence-electron chi connectivity index (χ1n) is 18.7. The van der Waals surface area contributed by atoms with Crippen molar-refractivity contribution in [3.05, 3.63) is 78.0 Å². The molecule has 3 aromatic heterocycles. The van der Waals surface area contributed by atoms with Crippen LogP contribution in [-0.4, -0.2) is 91.3 Å². The molecule has 2 N–H and O–H groups in total. The monoisotopic (exact) mass is 842 g/mol. The quantitative estimate of drug-likeness (QED) is 0.125. The first kappa shape index (κ1) is 43.2. The largest absolute Gasteiger partial charge is 0.494 e. The Morgan fingerprint density at radius 2 is 1.68 bits per heavy atom. The number of hydrogen-bond donors (Lipinski definition) is 2. The molecule has 4 heterocycles. The number of fused-ring (bicyclic) bond motifs is 1. The maximum Gasteiger partial charge on any atom is 0.425 e. The summed E-state index contributed by atoms with van der Waals surface area (Å²) in [5.74, 6) is -2.16. The van der Waals surface area contributed by atoms with Gasteiger partial charge >= 0.3 is 12.2 Å². The van der Waals surface area contributed by atoms with E-state index in [-0.39, 0.29) is 59.4 Å². The third-order valence-corrected chi connectivity index (χ3v) is 10.5. The molecule has 1 fully saturated rings. The van der Waals surface area contributed by atoms with Gasteiger partial charge in [-0.2, -0.15) is 4.90 Å². The number of imidazole rings is 1. The van der Waals surface area contributed by atoms with Crippen LogP contribution in [0.25, 0.3) is 21.7 Å². The molecule has 1 saturated heterocycles. The maximum absolute atomic E-state index is 15.6. The Bertz CT molecular complexity index is 2270. The van der Waals surface area contributed by atoms with Crippen molar-refractivity contribution in [1.82, 2.24) is 29.8 Å². The molecule has 0 bridgehead atoms. The molecule has 6 rings (SSSR count). The molecule has 59 heavy (non-hydrogen) atoms. The average Bonchev–Trinajstić information content (AvgIpc) is 3.78. The number of imide groups is 1. The number of aliphatic hydroxyl groups excluding tert-OH is 1. The van der Waals surface area contributed by atoms with Crippen molar-refractivity contribution in [3.8, 4) is 16.3 Å². The lowest BCUT2D eigenvalue weighted by atomic mass is 9.83. The van der Waals surface area contributed by atoms with Crippen molar-refractivity contribution < 1.29 is 46.5 Å². The number of carbonyl (C=O) groups excluding carboxylic acids is 2. The zero-order valence-electron chi connectivity index (χ0n) is 33.6. The van der Waals surface area contributed by atoms with E-state index in [2.05, 4.69) is 20.3 Å². The van der Waals surface area contributed by atoms with E-state index in [0.29, 0.717) is 28.6 Å². The second-order valence-corrected chi connectivity index (χ2v) is 17.1. The van der Waals surface area contributed by atoms with E-state index in [9.17, 15) is 23.5 Å². The minimum atomic E-state index is -3.07. The molecule has 14 nitrogen and oxygen atoms in total. The molecule has 2 amide bonds. The minimum Gasteiger partial charge on any atom is -0.494 e. The lowest BCUT2D eigenvalue weighted by Gasteiger charge is -2.46. The summed E-state index contributed by atoms with van der Waals surface area (Å²) in [5, 5.41) is 14.8. The number of aromatic nitrogens is 5. The number of carbonyl (C=O) groups is 2. The number of piperidine rings is 1. The summed E-state index contributed by atoms with van der Waals surface area (Å²) in [6.45, 7) is 10.2. The number of nitrogens with zero attached hydrogens (tertiary/aromatic N) is 7. The lowest BCUT2D eigenvalue weighted by molar-refractivity contribution is -0.0657. The van der Waals surface area contributed by atoms with Crippen LogP contribution < -0.4 is 19.9 Å². The topological polar surface area (TPSA) is 157 Å². The van der Waals surface area contributed by atoms with Crippen molar-refractivity contribution in [1.29, 1.82) is 0 Å². The number of halogens is 4. The third kappa shape index (κ3) is 9.74. The van der Waals surface area contributed by atoms with Crippen LogP contribution in [0.15, 0.2) is 55.1 Å². The van der Waals surface area contributed by atoms with Crippen LogP contribution in [0, 0.1) is 11.6 Å². The molecule has 0 spiro atoms. The van der Waals surface area contributed by atoms with E-state index in [0.717, 1.165) is 35.4 Å². The SMILES string of the molecule is COc1cc(F)c(-c2nc(Cn3cnc4c(N(C(=O)OC(C)(C)C)C(=O)OC(C)(C)C)ncnc43)c(N3CCC[C@](NCc4ccccc4)([C@H](O)C(F)F)C3)s2)cc1F. The normalized spacial score (nSPS) is 16.7. The van der Waals surface area contributed by atoms with Gasteiger partial charge in [0.15, 0.2) is 28.5 Å². The summed E-state index contributed by atoms with van der Waals surface area (Å²) in [5.41, 5.74) is -2.33. The molecule has 2 atom stereocenters. The number of aliphatic hydroxyl groups is 1. The van der Waals surface area contributed by atoms with Gasteiger partial charge in [-0.05, 0) is 66.0 Å². The highest BCUT2D eigenvalue weighted by Crippen LogP contribution is 2.41. The van der Waals surface area contributed by atoms with Gasteiger partial charge in [0.25, 0.3) is 6.43 Å². The number of ether oxygens (including phenoxy) is 3. The highest BCUT2D eigenvalue weighted by atomic mass is 32.1. The maximum atomic E-state index is 15.6. The van der Waals surface area contributed by atoms with Crippen LogP contribution in [0.4, 0.5) is 38.0 Å². The zero-order valence-corrected chi connectivity index (χ0v) is 34.4. The van der Waals surface area contributed by atoms with Gasteiger partial charge in [-0.3, -0.25) is 0 Å². The minimum absolute atomic E-state index is 0.0200. The predicted molar refractivity (Wildman–Crippen MR) is 213 cm³/mol. The number of benzene rings is 2. The fourth-order valence-electron chi connectivity index (χ4n) is 6.69. The first-order chi connectivity index (χ1) is 27.8. The first-order valence-corrected chi connectivity index (χ1v) is 19.6. The smallest absolute Gasteiger partial charge is 0.425 e. The molecule has 1 aliphatic rings. The fraction of sp³-hybridized carbons (Fsp3) is 0.450. The molecule has 5 aromatic rings. The van der Waals surface area contributed by atoms with Gasteiger partial charge in [-0.1, -0.05) is 41.7 Å². The Kier molecular flexibility index (Phi) is 12.5. The summed E-state index contributed by atoms with van der Waals surface area (Å²) in [6.07, 6.45) is -4.14. The Morgan fingerprint density at radius 3 is 2.31 bits per heavy atom. The molecule has 0 radical (unpaired) electrons. The molecule has 0 saturated carbocycles. The van der Waals surface area contributed by atoms with Gasteiger partial charge in [-0.15, -0.1) is 0 Å². The number of rotatable bonds is 11. The van der Waals surface area contributed by atoms with E-state index in [1.165, 1.54) is 13.4 Å². The van der Waals surface area contributed by atoms with E-state index in [4.69, 9.17) is 19.2 Å². The van der Waals surface area contributed by atoms with E-state index >= 15 is 8.78 Å². The highest BCUT2D eigenvalue weighted by molar-refractivity contribution is 7.19. The molecule has 0 unspecified atom stereocenters. The fourth-order valence-corrected chi connectivity index (χ4v) is 7.81. The number of hydrogen-bond acceptors (Lipinski definition) is 13. The molecule has 19 heteroatoms. The second-order valence-electron chi connectivity index (χ2n) is 16.1. The summed E-state index contributed by atoms with van der Waals surface area (Å²) in [6, 6.07) is 11.1. The second kappa shape index (κ2) is 17.1. The molecule has 316 valence electrons. The number of alkyl halides is 2. The standard InChI is InChI=1S/C40H46F4N8O6S/c1-38(2,3)57-36(54)52(37(55)58-39(4,5)6)33-29-32(45-21-46-33)51(22-47-29)19-27-35(59-34(49-27)24-16-26(42)28(56-7)17-25(24)41)50-15-11-14-40(20-50,30(53)31(43)44)48-18-23-12-9-8-10-13-23/h8-10,12-13,16-17,21-22,30-31,48,53H,11,14-15,18-20H2,1-7H3/t30-,40-/m1/s1. The van der Waals surface area contributed by atoms with Gasteiger partial charge in [0, 0.05) is 31.3 Å². The van der Waals surface area contributed by atoms with Crippen LogP contribution in [0.1, 0.15) is 65.6 Å². The van der Waals surface area contributed by atoms with Crippen molar-refractivity contribution in [2.24, 2.45) is 0 Å². The summed E-state index contributed by atoms with van der Waals surface area (Å²) < 4.78 is 77.0. The van der Waals surface area contributed by atoms with Crippen molar-refractivity contribution in [2.75, 3.05) is 30.0 Å². The molecular formula is C40H46F4N8O6S. The number of methoxy groups -OCH3 is 1. The van der Waals surface area contributed by atoms with Gasteiger partial charge in [-0.25, -0.2) is 47.1 Å². The van der Waals surface area contributed by atoms with Gasteiger partial charge in [0.1, 0.15) is 39.5 Å². The lowest BCUT2D eigenvalue weighted by Crippen LogP contribution is -2.65. The Labute approximate surface area is 342 Å². The summed E-state index contributed by atoms with van der Waals surface area (Å²) >= 11 is 1.02. The average molecular weight is 843 g/mol. The zero-order chi connectivity index (χ0) is 42.9. The predicted octanol–water partition coefficient (Wildman–Crippen LogP) is 7.72. The molecule has 1 aliphatic heterocycles. The number of amides is 2. The van der Waals surface area contributed by atoms with Crippen molar-refractivity contribution in [2.45, 2.75) is 96.7 Å². The van der Waals surface area contributed by atoms with E-state index < -0.39 is 53.1 Å². The Hall–Kier alpha value is -5.40. The Morgan fingerprint density at radius 1 is 1.00 bits per heavy atom. The van der Waals surface area contributed by atoms with Crippen molar-refractivity contribution in [3.63, 3.8) is 0 Å². The van der Waals surface area contributed by atoms with Crippen LogP contribution >= 0.6 is 11.3 Å². The Balaban J connectivity index is 1.44. The number of anilines is 2. The number of nitrogens with one attached hydrogen (secondary N) is 1. The number of thiazole rings is 1. The van der Waals surface area contributed by atoms with Crippen LogP contribution in [0.5, 0.6) is 5.75 Å². The van der Waals surface area contributed by atoms with E-state index in [1.807, 2.05) is 30.3 Å². The molecular weight excluding hydrogens is 797 g/mol. The third-order valence-electron chi connectivity index (χ3n) is 9.32. The molecule has 0 aliphatic carbocycles. The van der Waals surface area contributed by atoms with Gasteiger partial charge in [0.05, 0.1) is 31.2 Å². The van der Waals surface area contributed by atoms with E-state index in [1.54, 1.807) is 51.0 Å². The van der Waals surface area contributed by atoms with Gasteiger partial charge < -0.3 is 34.1 Å². The summed E-state index contributed by atoms with van der Waals surface area (Å²) in [7, 11) is 1.21.